The lowest BCUT2D eigenvalue weighted by Gasteiger charge is -2.33. The number of fused-ring (bicyclic) bond motifs is 1. The number of halogens is 4. The molecular formula is C23H22ClF3N6S. The van der Waals surface area contributed by atoms with Crippen molar-refractivity contribution in [2.75, 3.05) is 20.1 Å². The summed E-state index contributed by atoms with van der Waals surface area (Å²) in [7, 11) is 1.90. The van der Waals surface area contributed by atoms with E-state index in [1.165, 1.54) is 35.9 Å². The van der Waals surface area contributed by atoms with Gasteiger partial charge in [-0.3, -0.25) is 4.99 Å². The Kier molecular flexibility index (Phi) is 5.99. The second kappa shape index (κ2) is 8.83. The van der Waals surface area contributed by atoms with Crippen molar-refractivity contribution in [3.8, 4) is 0 Å². The van der Waals surface area contributed by atoms with Gasteiger partial charge in [0, 0.05) is 58.1 Å². The summed E-state index contributed by atoms with van der Waals surface area (Å²) in [5.74, 6) is 0.234. The van der Waals surface area contributed by atoms with E-state index in [9.17, 15) is 13.2 Å². The average molecular weight is 507 g/mol. The minimum absolute atomic E-state index is 0.131. The third kappa shape index (κ3) is 4.03. The number of allylic oxidation sites excluding steroid dienone is 1. The zero-order chi connectivity index (χ0) is 24.0. The molecule has 1 saturated heterocycles. The number of hydrogen-bond donors (Lipinski definition) is 1. The molecule has 2 aliphatic rings. The van der Waals surface area contributed by atoms with Crippen LogP contribution in [-0.4, -0.2) is 45.6 Å². The third-order valence-corrected chi connectivity index (χ3v) is 7.24. The molecule has 178 valence electrons. The van der Waals surface area contributed by atoms with Gasteiger partial charge in [-0.2, -0.15) is 13.9 Å². The van der Waals surface area contributed by atoms with E-state index >= 15 is 0 Å². The molecule has 0 aliphatic carbocycles. The summed E-state index contributed by atoms with van der Waals surface area (Å²) in [5, 5.41) is 9.97. The van der Waals surface area contributed by atoms with Gasteiger partial charge in [0.25, 0.3) is 0 Å². The number of amidine groups is 1. The molecule has 34 heavy (non-hydrogen) atoms. The summed E-state index contributed by atoms with van der Waals surface area (Å²) >= 11 is 7.95. The summed E-state index contributed by atoms with van der Waals surface area (Å²) in [6.07, 6.45) is 5.15. The number of thiazole rings is 1. The van der Waals surface area contributed by atoms with Crippen molar-refractivity contribution in [3.63, 3.8) is 0 Å². The lowest BCUT2D eigenvalue weighted by molar-refractivity contribution is 0.0566. The highest BCUT2D eigenvalue weighted by molar-refractivity contribution is 7.11. The summed E-state index contributed by atoms with van der Waals surface area (Å²) in [6.45, 7) is 0.843. The minimum atomic E-state index is -2.76. The number of benzene rings is 1. The van der Waals surface area contributed by atoms with Crippen molar-refractivity contribution < 1.29 is 13.2 Å². The Morgan fingerprint density at radius 2 is 2.18 bits per heavy atom. The topological polar surface area (TPSA) is 58.3 Å². The van der Waals surface area contributed by atoms with Crippen LogP contribution >= 0.6 is 22.9 Å². The molecule has 0 bridgehead atoms. The maximum Gasteiger partial charge on any atom is 0.333 e. The van der Waals surface area contributed by atoms with Crippen LogP contribution < -0.4 is 5.32 Å². The molecule has 3 aromatic rings. The number of aromatic nitrogens is 3. The van der Waals surface area contributed by atoms with Crippen LogP contribution in [0.5, 0.6) is 0 Å². The summed E-state index contributed by atoms with van der Waals surface area (Å²) in [5.41, 5.74) is 2.68. The fourth-order valence-corrected chi connectivity index (χ4v) is 5.71. The number of hydrogen-bond acceptors (Lipinski definition) is 6. The summed E-state index contributed by atoms with van der Waals surface area (Å²) in [4.78, 5) is 11.7. The van der Waals surface area contributed by atoms with E-state index in [2.05, 4.69) is 27.2 Å². The van der Waals surface area contributed by atoms with Gasteiger partial charge in [-0.05, 0) is 31.2 Å². The Morgan fingerprint density at radius 3 is 2.82 bits per heavy atom. The monoisotopic (exact) mass is 506 g/mol. The quantitative estimate of drug-likeness (QED) is 0.488. The van der Waals surface area contributed by atoms with Crippen molar-refractivity contribution in [1.82, 2.24) is 25.0 Å². The predicted molar refractivity (Wildman–Crippen MR) is 127 cm³/mol. The van der Waals surface area contributed by atoms with Crippen molar-refractivity contribution in [3.05, 3.63) is 74.8 Å². The van der Waals surface area contributed by atoms with Crippen LogP contribution in [-0.2, 0) is 0 Å². The zero-order valence-corrected chi connectivity index (χ0v) is 20.0. The molecule has 1 unspecified atom stereocenters. The molecule has 2 atom stereocenters. The minimum Gasteiger partial charge on any atom is -0.327 e. The van der Waals surface area contributed by atoms with Crippen molar-refractivity contribution in [2.24, 2.45) is 10.4 Å². The molecule has 11 heteroatoms. The molecule has 1 N–H and O–H groups in total. The Morgan fingerprint density at radius 1 is 1.35 bits per heavy atom. The highest BCUT2D eigenvalue weighted by Gasteiger charge is 2.45. The van der Waals surface area contributed by atoms with Crippen LogP contribution in [0.4, 0.5) is 13.2 Å². The third-order valence-electron chi connectivity index (χ3n) is 6.15. The molecule has 0 radical (unpaired) electrons. The zero-order valence-electron chi connectivity index (χ0n) is 18.5. The molecule has 2 aliphatic heterocycles. The number of rotatable bonds is 6. The van der Waals surface area contributed by atoms with Gasteiger partial charge in [-0.1, -0.05) is 24.6 Å². The largest absolute Gasteiger partial charge is 0.333 e. The van der Waals surface area contributed by atoms with Gasteiger partial charge in [-0.15, -0.1) is 11.3 Å². The highest BCUT2D eigenvalue weighted by atomic mass is 35.5. The van der Waals surface area contributed by atoms with E-state index in [4.69, 9.17) is 16.6 Å². The maximum absolute atomic E-state index is 13.9. The SMILES string of the molecule is CNCC1(C)CC2=C(c3cnn(C(F)F)c3)[C@H](c3ccc(F)cc3Cl)N=C(c3nccs3)N2C1. The highest BCUT2D eigenvalue weighted by Crippen LogP contribution is 2.50. The van der Waals surface area contributed by atoms with Crippen LogP contribution in [0.2, 0.25) is 5.02 Å². The molecule has 5 rings (SSSR count). The van der Waals surface area contributed by atoms with E-state index in [0.717, 1.165) is 22.8 Å². The van der Waals surface area contributed by atoms with E-state index in [-0.39, 0.29) is 10.4 Å². The van der Waals surface area contributed by atoms with Gasteiger partial charge in [-0.25, -0.2) is 14.1 Å². The second-order valence-electron chi connectivity index (χ2n) is 8.81. The lowest BCUT2D eigenvalue weighted by atomic mass is 9.85. The predicted octanol–water partition coefficient (Wildman–Crippen LogP) is 5.37. The van der Waals surface area contributed by atoms with E-state index in [1.54, 1.807) is 12.3 Å². The van der Waals surface area contributed by atoms with Crippen molar-refractivity contribution >= 4 is 34.3 Å². The average Bonchev–Trinajstić information content (AvgIpc) is 3.53. The van der Waals surface area contributed by atoms with E-state index in [0.29, 0.717) is 34.6 Å². The van der Waals surface area contributed by atoms with Gasteiger partial charge in [0.2, 0.25) is 0 Å². The Bertz CT molecular complexity index is 1270. The second-order valence-corrected chi connectivity index (χ2v) is 10.1. The standard InChI is InChI=1S/C23H22ClF3N6S/c1-23(11-28-2)8-17-18(13-9-30-33(10-13)22(26)27)19(15-4-3-14(25)7-16(15)24)31-20(32(17)12-23)21-29-5-6-34-21/h3-7,9-10,19,22,28H,8,11-12H2,1-2H3/t19-,23?/m0/s1. The van der Waals surface area contributed by atoms with Crippen molar-refractivity contribution in [2.45, 2.75) is 25.9 Å². The molecule has 0 saturated carbocycles. The van der Waals surface area contributed by atoms with Gasteiger partial charge < -0.3 is 10.2 Å². The summed E-state index contributed by atoms with van der Waals surface area (Å²) < 4.78 is 41.3. The van der Waals surface area contributed by atoms with Gasteiger partial charge in [0.15, 0.2) is 10.8 Å². The number of alkyl halides is 2. The first-order valence-electron chi connectivity index (χ1n) is 10.7. The van der Waals surface area contributed by atoms with Crippen LogP contribution in [0.1, 0.15) is 42.1 Å². The molecule has 1 aromatic carbocycles. The van der Waals surface area contributed by atoms with E-state index in [1.807, 2.05) is 12.4 Å². The number of nitrogens with zero attached hydrogens (tertiary/aromatic N) is 5. The Hall–Kier alpha value is -2.69. The van der Waals surface area contributed by atoms with Crippen molar-refractivity contribution in [1.29, 1.82) is 0 Å². The number of aliphatic imine (C=N–C) groups is 1. The fraction of sp³-hybridized carbons (Fsp3) is 0.348. The number of nitrogens with one attached hydrogen (secondary N) is 1. The molecular weight excluding hydrogens is 485 g/mol. The smallest absolute Gasteiger partial charge is 0.327 e. The molecule has 2 aromatic heterocycles. The van der Waals surface area contributed by atoms with Crippen LogP contribution in [0.15, 0.2) is 52.9 Å². The molecule has 1 fully saturated rings. The lowest BCUT2D eigenvalue weighted by Crippen LogP contribution is -2.37. The molecule has 4 heterocycles. The van der Waals surface area contributed by atoms with Crippen LogP contribution in [0, 0.1) is 11.2 Å². The van der Waals surface area contributed by atoms with Gasteiger partial charge >= 0.3 is 6.55 Å². The Labute approximate surface area is 203 Å². The molecule has 0 spiro atoms. The molecule has 6 nitrogen and oxygen atoms in total. The van der Waals surface area contributed by atoms with Gasteiger partial charge in [0.05, 0.1) is 6.20 Å². The Balaban J connectivity index is 1.74. The van der Waals surface area contributed by atoms with Gasteiger partial charge in [0.1, 0.15) is 11.9 Å². The first-order valence-corrected chi connectivity index (χ1v) is 12.0. The normalized spacial score (nSPS) is 22.5. The van der Waals surface area contributed by atoms with Crippen LogP contribution in [0.3, 0.4) is 0 Å². The summed E-state index contributed by atoms with van der Waals surface area (Å²) in [6, 6.07) is 3.54. The fourth-order valence-electron chi connectivity index (χ4n) is 4.80. The van der Waals surface area contributed by atoms with E-state index < -0.39 is 18.4 Å². The first-order chi connectivity index (χ1) is 16.3. The van der Waals surface area contributed by atoms with Crippen LogP contribution in [0.25, 0.3) is 5.57 Å². The maximum atomic E-state index is 13.9. The molecule has 0 amide bonds. The first kappa shape index (κ1) is 23.1.